The van der Waals surface area contributed by atoms with Gasteiger partial charge < -0.3 is 10.2 Å². The van der Waals surface area contributed by atoms with Crippen LogP contribution in [0.1, 0.15) is 19.4 Å². The summed E-state index contributed by atoms with van der Waals surface area (Å²) in [5.74, 6) is 0. The fraction of sp³-hybridized carbons (Fsp3) is 0.500. The highest BCUT2D eigenvalue weighted by molar-refractivity contribution is 5.92. The first kappa shape index (κ1) is 14.2. The van der Waals surface area contributed by atoms with Crippen molar-refractivity contribution in [1.82, 2.24) is 15.5 Å². The summed E-state index contributed by atoms with van der Waals surface area (Å²) in [5.41, 5.74) is 0.215. The molecule has 1 saturated heterocycles. The van der Waals surface area contributed by atoms with E-state index < -0.39 is 11.7 Å². The van der Waals surface area contributed by atoms with Gasteiger partial charge in [0.1, 0.15) is 0 Å². The molecule has 0 amide bonds. The summed E-state index contributed by atoms with van der Waals surface area (Å²) in [5, 5.41) is 10.6. The molecule has 3 rings (SSSR count). The van der Waals surface area contributed by atoms with E-state index >= 15 is 0 Å². The predicted molar refractivity (Wildman–Crippen MR) is 75.4 cm³/mol. The van der Waals surface area contributed by atoms with Crippen molar-refractivity contribution in [2.24, 2.45) is 0 Å². The Hall–Kier alpha value is -1.76. The fourth-order valence-corrected chi connectivity index (χ4v) is 2.80. The van der Waals surface area contributed by atoms with Gasteiger partial charge in [-0.25, -0.2) is 0 Å². The molecule has 21 heavy (non-hydrogen) atoms. The number of hydrogen-bond donors (Lipinski definition) is 2. The Morgan fingerprint density at radius 2 is 2.05 bits per heavy atom. The summed E-state index contributed by atoms with van der Waals surface area (Å²) < 4.78 is 39.2. The Kier molecular flexibility index (Phi) is 3.12. The van der Waals surface area contributed by atoms with Gasteiger partial charge in [0.15, 0.2) is 0 Å². The van der Waals surface area contributed by atoms with Gasteiger partial charge in [-0.05, 0) is 26.0 Å². The maximum Gasteiger partial charge on any atom is 0.416 e. The van der Waals surface area contributed by atoms with E-state index in [1.807, 2.05) is 18.7 Å². The van der Waals surface area contributed by atoms with E-state index in [4.69, 9.17) is 0 Å². The Labute approximate surface area is 120 Å². The molecule has 0 saturated carbocycles. The van der Waals surface area contributed by atoms with E-state index in [1.165, 1.54) is 6.07 Å². The molecule has 1 aliphatic heterocycles. The highest BCUT2D eigenvalue weighted by atomic mass is 19.4. The zero-order chi connectivity index (χ0) is 15.3. The fourth-order valence-electron chi connectivity index (χ4n) is 2.80. The molecule has 2 aromatic rings. The van der Waals surface area contributed by atoms with Crippen molar-refractivity contribution in [2.45, 2.75) is 25.6 Å². The third-order valence-corrected chi connectivity index (χ3v) is 3.78. The summed E-state index contributed by atoms with van der Waals surface area (Å²) in [6.45, 7) is 6.14. The van der Waals surface area contributed by atoms with E-state index in [2.05, 4.69) is 15.5 Å². The quantitative estimate of drug-likeness (QED) is 0.851. The van der Waals surface area contributed by atoms with Gasteiger partial charge in [0.2, 0.25) is 0 Å². The van der Waals surface area contributed by atoms with Gasteiger partial charge in [0.05, 0.1) is 17.3 Å². The second-order valence-corrected chi connectivity index (χ2v) is 6.06. The van der Waals surface area contributed by atoms with Gasteiger partial charge in [-0.1, -0.05) is 0 Å². The molecule has 1 aromatic heterocycles. The number of aromatic nitrogens is 2. The number of anilines is 1. The monoisotopic (exact) mass is 298 g/mol. The largest absolute Gasteiger partial charge is 0.416 e. The van der Waals surface area contributed by atoms with Crippen LogP contribution in [0.15, 0.2) is 18.3 Å². The van der Waals surface area contributed by atoms with Crippen molar-refractivity contribution in [3.63, 3.8) is 0 Å². The minimum atomic E-state index is -4.36. The van der Waals surface area contributed by atoms with Gasteiger partial charge in [0.25, 0.3) is 0 Å². The molecule has 0 spiro atoms. The summed E-state index contributed by atoms with van der Waals surface area (Å²) in [4.78, 5) is 1.99. The number of aromatic amines is 1. The van der Waals surface area contributed by atoms with Crippen LogP contribution in [-0.4, -0.2) is 35.4 Å². The molecule has 0 aliphatic carbocycles. The van der Waals surface area contributed by atoms with Crippen LogP contribution in [0, 0.1) is 0 Å². The average molecular weight is 298 g/mol. The van der Waals surface area contributed by atoms with Crippen LogP contribution in [0.25, 0.3) is 10.9 Å². The lowest BCUT2D eigenvalue weighted by Crippen LogP contribution is -2.57. The Morgan fingerprint density at radius 1 is 1.29 bits per heavy atom. The lowest BCUT2D eigenvalue weighted by molar-refractivity contribution is -0.137. The van der Waals surface area contributed by atoms with Crippen LogP contribution >= 0.6 is 0 Å². The summed E-state index contributed by atoms with van der Waals surface area (Å²) in [6, 6.07) is 2.33. The standard InChI is InChI=1S/C14H17F3N4/c1-13(2)8-21(4-3-18-13)12-6-9(14(15,16)17)5-11-10(12)7-19-20-11/h5-7,18H,3-4,8H2,1-2H3,(H,19,20). The first-order valence-electron chi connectivity index (χ1n) is 6.81. The van der Waals surface area contributed by atoms with Crippen LogP contribution in [0.5, 0.6) is 0 Å². The second-order valence-electron chi connectivity index (χ2n) is 6.06. The minimum Gasteiger partial charge on any atom is -0.368 e. The number of nitrogens with zero attached hydrogens (tertiary/aromatic N) is 2. The predicted octanol–water partition coefficient (Wildman–Crippen LogP) is 2.77. The van der Waals surface area contributed by atoms with Gasteiger partial charge in [-0.2, -0.15) is 18.3 Å². The first-order valence-corrected chi connectivity index (χ1v) is 6.81. The smallest absolute Gasteiger partial charge is 0.368 e. The Morgan fingerprint density at radius 3 is 2.71 bits per heavy atom. The number of piperazine rings is 1. The molecule has 114 valence electrons. The third kappa shape index (κ3) is 2.70. The van der Waals surface area contributed by atoms with Crippen molar-refractivity contribution in [3.05, 3.63) is 23.9 Å². The van der Waals surface area contributed by atoms with Crippen molar-refractivity contribution in [1.29, 1.82) is 0 Å². The summed E-state index contributed by atoms with van der Waals surface area (Å²) in [6.07, 6.45) is -2.78. The molecule has 0 bridgehead atoms. The van der Waals surface area contributed by atoms with Gasteiger partial charge in [0, 0.05) is 36.2 Å². The Bertz CT molecular complexity index is 660. The number of nitrogens with one attached hydrogen (secondary N) is 2. The zero-order valence-electron chi connectivity index (χ0n) is 11.9. The van der Waals surface area contributed by atoms with E-state index in [0.29, 0.717) is 24.3 Å². The third-order valence-electron chi connectivity index (χ3n) is 3.78. The minimum absolute atomic E-state index is 0.136. The van der Waals surface area contributed by atoms with Crippen molar-refractivity contribution in [2.75, 3.05) is 24.5 Å². The van der Waals surface area contributed by atoms with Crippen molar-refractivity contribution >= 4 is 16.6 Å². The second kappa shape index (κ2) is 4.62. The molecule has 2 N–H and O–H groups in total. The molecule has 4 nitrogen and oxygen atoms in total. The number of alkyl halides is 3. The van der Waals surface area contributed by atoms with Crippen LogP contribution in [0.3, 0.4) is 0 Å². The summed E-state index contributed by atoms with van der Waals surface area (Å²) >= 11 is 0. The average Bonchev–Trinajstić information content (AvgIpc) is 2.83. The molecule has 1 aromatic carbocycles. The van der Waals surface area contributed by atoms with Crippen molar-refractivity contribution < 1.29 is 13.2 Å². The first-order chi connectivity index (χ1) is 9.76. The molecule has 1 fully saturated rings. The number of rotatable bonds is 1. The molecule has 0 unspecified atom stereocenters. The lowest BCUT2D eigenvalue weighted by Gasteiger charge is -2.40. The van der Waals surface area contributed by atoms with Gasteiger partial charge >= 0.3 is 6.18 Å². The van der Waals surface area contributed by atoms with Crippen LogP contribution in [-0.2, 0) is 6.18 Å². The Balaban J connectivity index is 2.10. The molecular formula is C14H17F3N4. The highest BCUT2D eigenvalue weighted by Crippen LogP contribution is 2.36. The molecule has 2 heterocycles. The normalized spacial score (nSPS) is 19.2. The van der Waals surface area contributed by atoms with E-state index in [-0.39, 0.29) is 5.54 Å². The lowest BCUT2D eigenvalue weighted by atomic mass is 10.0. The number of halogens is 3. The molecular weight excluding hydrogens is 281 g/mol. The van der Waals surface area contributed by atoms with Crippen LogP contribution in [0.4, 0.5) is 18.9 Å². The van der Waals surface area contributed by atoms with E-state index in [1.54, 1.807) is 6.20 Å². The number of benzene rings is 1. The SMILES string of the molecule is CC1(C)CN(c2cc(C(F)(F)F)cc3[nH]ncc23)CCN1. The van der Waals surface area contributed by atoms with E-state index in [9.17, 15) is 13.2 Å². The maximum absolute atomic E-state index is 13.1. The van der Waals surface area contributed by atoms with Gasteiger partial charge in [-0.3, -0.25) is 5.10 Å². The highest BCUT2D eigenvalue weighted by Gasteiger charge is 2.33. The molecule has 0 radical (unpaired) electrons. The topological polar surface area (TPSA) is 44.0 Å². The number of fused-ring (bicyclic) bond motifs is 1. The molecule has 7 heteroatoms. The molecule has 1 aliphatic rings. The van der Waals surface area contributed by atoms with Crippen LogP contribution < -0.4 is 10.2 Å². The van der Waals surface area contributed by atoms with E-state index in [0.717, 1.165) is 18.0 Å². The zero-order valence-corrected chi connectivity index (χ0v) is 11.9. The van der Waals surface area contributed by atoms with Crippen LogP contribution in [0.2, 0.25) is 0 Å². The maximum atomic E-state index is 13.1. The number of hydrogen-bond acceptors (Lipinski definition) is 3. The molecule has 0 atom stereocenters. The summed E-state index contributed by atoms with van der Waals surface area (Å²) in [7, 11) is 0. The number of H-pyrrole nitrogens is 1. The van der Waals surface area contributed by atoms with Gasteiger partial charge in [-0.15, -0.1) is 0 Å². The van der Waals surface area contributed by atoms with Crippen molar-refractivity contribution in [3.8, 4) is 0 Å².